The highest BCUT2D eigenvalue weighted by Gasteiger charge is 2.25. The molecule has 0 saturated heterocycles. The first-order valence-corrected chi connectivity index (χ1v) is 4.45. The number of urea groups is 1. The number of nitrogens with one attached hydrogen (secondary N) is 1. The van der Waals surface area contributed by atoms with Gasteiger partial charge in [0.2, 0.25) is 0 Å². The first-order valence-electron chi connectivity index (χ1n) is 4.45. The van der Waals surface area contributed by atoms with Crippen molar-refractivity contribution in [2.45, 2.75) is 32.3 Å². The van der Waals surface area contributed by atoms with E-state index < -0.39 is 11.6 Å². The lowest BCUT2D eigenvalue weighted by atomic mass is 9.96. The fourth-order valence-electron chi connectivity index (χ4n) is 1.13. The Morgan fingerprint density at radius 2 is 2.57 bits per heavy atom. The summed E-state index contributed by atoms with van der Waals surface area (Å²) < 4.78 is 5.46. The highest BCUT2D eigenvalue weighted by molar-refractivity contribution is 5.74. The van der Waals surface area contributed by atoms with Crippen molar-refractivity contribution in [1.29, 1.82) is 0 Å². The molecule has 78 valence electrons. The van der Waals surface area contributed by atoms with E-state index in [1.54, 1.807) is 12.5 Å². The molecule has 0 aromatic heterocycles. The molecule has 0 bridgehead atoms. The van der Waals surface area contributed by atoms with Gasteiger partial charge in [-0.2, -0.15) is 5.10 Å². The molecule has 5 heteroatoms. The molecule has 1 rings (SSSR count). The maximum atomic E-state index is 10.3. The quantitative estimate of drug-likeness (QED) is 0.514. The summed E-state index contributed by atoms with van der Waals surface area (Å²) >= 11 is 0. The van der Waals surface area contributed by atoms with Gasteiger partial charge in [-0.3, -0.25) is 0 Å². The average molecular weight is 197 g/mol. The van der Waals surface area contributed by atoms with E-state index in [9.17, 15) is 4.79 Å². The number of nitrogens with two attached hydrogens (primary N) is 1. The number of rotatable bonds is 2. The van der Waals surface area contributed by atoms with Gasteiger partial charge in [-0.1, -0.05) is 0 Å². The number of hydrogen-bond donors (Lipinski definition) is 2. The monoisotopic (exact) mass is 197 g/mol. The minimum absolute atomic E-state index is 0.442. The first-order chi connectivity index (χ1) is 6.52. The number of hydrogen-bond acceptors (Lipinski definition) is 3. The standard InChI is InChI=1S/C9H15N3O2/c1-7-3-4-9(2,14-5-7)6-11-12-8(10)13/h5-6H,3-4H2,1-2H3,(H3,10,12,13)/b11-6+. The van der Waals surface area contributed by atoms with E-state index in [1.807, 2.05) is 13.8 Å². The fourth-order valence-corrected chi connectivity index (χ4v) is 1.13. The molecular weight excluding hydrogens is 182 g/mol. The lowest BCUT2D eigenvalue weighted by Crippen LogP contribution is -2.33. The second-order valence-corrected chi connectivity index (χ2v) is 3.63. The van der Waals surface area contributed by atoms with Crippen LogP contribution in [0, 0.1) is 0 Å². The molecule has 14 heavy (non-hydrogen) atoms. The predicted molar refractivity (Wildman–Crippen MR) is 53.7 cm³/mol. The highest BCUT2D eigenvalue weighted by Crippen LogP contribution is 2.24. The minimum atomic E-state index is -0.674. The van der Waals surface area contributed by atoms with E-state index >= 15 is 0 Å². The second-order valence-electron chi connectivity index (χ2n) is 3.63. The van der Waals surface area contributed by atoms with Crippen LogP contribution in [-0.4, -0.2) is 17.8 Å². The Morgan fingerprint density at radius 3 is 3.07 bits per heavy atom. The van der Waals surface area contributed by atoms with E-state index in [-0.39, 0.29) is 0 Å². The summed E-state index contributed by atoms with van der Waals surface area (Å²) in [5.41, 5.74) is 7.76. The topological polar surface area (TPSA) is 76.7 Å². The number of primary amides is 1. The molecule has 5 nitrogen and oxygen atoms in total. The molecule has 2 amide bonds. The minimum Gasteiger partial charge on any atom is -0.489 e. The molecule has 0 aromatic rings. The van der Waals surface area contributed by atoms with Crippen LogP contribution in [0.25, 0.3) is 0 Å². The van der Waals surface area contributed by atoms with Crippen LogP contribution in [0.5, 0.6) is 0 Å². The normalized spacial score (nSPS) is 26.9. The molecule has 0 aromatic carbocycles. The number of carbonyl (C=O) groups excluding carboxylic acids is 1. The van der Waals surface area contributed by atoms with Crippen molar-refractivity contribution >= 4 is 12.2 Å². The third kappa shape index (κ3) is 3.08. The maximum Gasteiger partial charge on any atom is 0.332 e. The fraction of sp³-hybridized carbons (Fsp3) is 0.556. The molecule has 1 aliphatic rings. The highest BCUT2D eigenvalue weighted by atomic mass is 16.5. The van der Waals surface area contributed by atoms with Gasteiger partial charge in [-0.05, 0) is 32.3 Å². The van der Waals surface area contributed by atoms with Crippen molar-refractivity contribution in [1.82, 2.24) is 5.43 Å². The van der Waals surface area contributed by atoms with Gasteiger partial charge in [0.1, 0.15) is 5.60 Å². The first kappa shape index (κ1) is 10.6. The SMILES string of the molecule is CC1=COC(C)(/C=N/NC(N)=O)CC1. The largest absolute Gasteiger partial charge is 0.489 e. The molecule has 0 spiro atoms. The molecular formula is C9H15N3O2. The molecule has 1 aliphatic heterocycles. The van der Waals surface area contributed by atoms with E-state index in [2.05, 4.69) is 10.5 Å². The molecule has 0 aliphatic carbocycles. The van der Waals surface area contributed by atoms with Crippen molar-refractivity contribution in [2.75, 3.05) is 0 Å². The third-order valence-electron chi connectivity index (χ3n) is 2.06. The van der Waals surface area contributed by atoms with E-state index in [1.165, 1.54) is 5.57 Å². The number of ether oxygens (including phenoxy) is 1. The van der Waals surface area contributed by atoms with Crippen molar-refractivity contribution in [3.8, 4) is 0 Å². The van der Waals surface area contributed by atoms with Crippen LogP contribution in [0.15, 0.2) is 16.9 Å². The summed E-state index contributed by atoms with van der Waals surface area (Å²) in [5, 5.41) is 3.69. The molecule has 0 radical (unpaired) electrons. The lowest BCUT2D eigenvalue weighted by molar-refractivity contribution is 0.0858. The van der Waals surface area contributed by atoms with Gasteiger partial charge in [0.05, 0.1) is 12.5 Å². The Hall–Kier alpha value is -1.52. The number of hydrazone groups is 1. The predicted octanol–water partition coefficient (Wildman–Crippen LogP) is 1.11. The Morgan fingerprint density at radius 1 is 1.86 bits per heavy atom. The summed E-state index contributed by atoms with van der Waals surface area (Å²) in [6, 6.07) is -0.674. The zero-order valence-corrected chi connectivity index (χ0v) is 8.41. The number of nitrogens with zero attached hydrogens (tertiary/aromatic N) is 1. The van der Waals surface area contributed by atoms with Gasteiger partial charge < -0.3 is 10.5 Å². The third-order valence-corrected chi connectivity index (χ3v) is 2.06. The Labute approximate surface area is 83.0 Å². The molecule has 1 unspecified atom stereocenters. The molecule has 3 N–H and O–H groups in total. The number of allylic oxidation sites excluding steroid dienone is 1. The Kier molecular flexibility index (Phi) is 3.11. The smallest absolute Gasteiger partial charge is 0.332 e. The van der Waals surface area contributed by atoms with Crippen LogP contribution in [0.1, 0.15) is 26.7 Å². The summed E-state index contributed by atoms with van der Waals surface area (Å²) in [6.07, 6.45) is 5.10. The van der Waals surface area contributed by atoms with Crippen LogP contribution < -0.4 is 11.2 Å². The van der Waals surface area contributed by atoms with Crippen molar-refractivity contribution in [3.05, 3.63) is 11.8 Å². The van der Waals surface area contributed by atoms with Crippen molar-refractivity contribution < 1.29 is 9.53 Å². The van der Waals surface area contributed by atoms with Crippen LogP contribution in [-0.2, 0) is 4.74 Å². The van der Waals surface area contributed by atoms with Gasteiger partial charge in [0, 0.05) is 0 Å². The number of amides is 2. The van der Waals surface area contributed by atoms with Crippen LogP contribution in [0.2, 0.25) is 0 Å². The van der Waals surface area contributed by atoms with Crippen LogP contribution in [0.3, 0.4) is 0 Å². The maximum absolute atomic E-state index is 10.3. The average Bonchev–Trinajstić information content (AvgIpc) is 2.10. The summed E-state index contributed by atoms with van der Waals surface area (Å²) in [4.78, 5) is 10.3. The second kappa shape index (κ2) is 4.13. The van der Waals surface area contributed by atoms with E-state index in [4.69, 9.17) is 10.5 Å². The zero-order chi connectivity index (χ0) is 10.6. The molecule has 1 heterocycles. The zero-order valence-electron chi connectivity index (χ0n) is 8.41. The summed E-state index contributed by atoms with van der Waals surface area (Å²) in [5.74, 6) is 0. The van der Waals surface area contributed by atoms with Gasteiger partial charge in [-0.15, -0.1) is 0 Å². The van der Waals surface area contributed by atoms with Gasteiger partial charge in [0.25, 0.3) is 0 Å². The van der Waals surface area contributed by atoms with Gasteiger partial charge >= 0.3 is 6.03 Å². The molecule has 1 atom stereocenters. The van der Waals surface area contributed by atoms with Crippen molar-refractivity contribution in [3.63, 3.8) is 0 Å². The molecule has 0 fully saturated rings. The van der Waals surface area contributed by atoms with Crippen LogP contribution in [0.4, 0.5) is 4.79 Å². The summed E-state index contributed by atoms with van der Waals surface area (Å²) in [7, 11) is 0. The van der Waals surface area contributed by atoms with Crippen molar-refractivity contribution in [2.24, 2.45) is 10.8 Å². The Balaban J connectivity index is 2.51. The molecule has 0 saturated carbocycles. The summed E-state index contributed by atoms with van der Waals surface area (Å²) in [6.45, 7) is 3.92. The van der Waals surface area contributed by atoms with Crippen LogP contribution >= 0.6 is 0 Å². The van der Waals surface area contributed by atoms with Gasteiger partial charge in [-0.25, -0.2) is 10.2 Å². The lowest BCUT2D eigenvalue weighted by Gasteiger charge is -2.28. The van der Waals surface area contributed by atoms with E-state index in [0.29, 0.717) is 0 Å². The number of carbonyl (C=O) groups is 1. The Bertz CT molecular complexity index is 286. The van der Waals surface area contributed by atoms with Gasteiger partial charge in [0.15, 0.2) is 0 Å². The van der Waals surface area contributed by atoms with E-state index in [0.717, 1.165) is 12.8 Å².